The Morgan fingerprint density at radius 2 is 2.11 bits per heavy atom. The molecule has 0 bridgehead atoms. The molecule has 0 aliphatic heterocycles. The van der Waals surface area contributed by atoms with Gasteiger partial charge in [0.05, 0.1) is 7.11 Å². The molecule has 1 aromatic rings. The van der Waals surface area contributed by atoms with Gasteiger partial charge >= 0.3 is 0 Å². The third kappa shape index (κ3) is 5.48. The Hall–Kier alpha value is -0.620. The third-order valence-corrected chi connectivity index (χ3v) is 3.58. The number of ether oxygens (including phenoxy) is 2. The van der Waals surface area contributed by atoms with Crippen LogP contribution in [-0.4, -0.2) is 26.9 Å². The summed E-state index contributed by atoms with van der Waals surface area (Å²) in [6.45, 7) is 2.90. The Balaban J connectivity index is 2.72. The summed E-state index contributed by atoms with van der Waals surface area (Å²) >= 11 is 3.49. The molecule has 0 radical (unpaired) electrons. The quantitative estimate of drug-likeness (QED) is 0.568. The van der Waals surface area contributed by atoms with Gasteiger partial charge in [-0.15, -0.1) is 0 Å². The SMILES string of the molecule is COCC(C)CC(Cc1cc(Br)ccc1OC)NN. The highest BCUT2D eigenvalue weighted by Gasteiger charge is 2.15. The highest BCUT2D eigenvalue weighted by atomic mass is 79.9. The van der Waals surface area contributed by atoms with Crippen molar-refractivity contribution in [3.8, 4) is 5.75 Å². The molecule has 2 unspecified atom stereocenters. The number of hydrogen-bond donors (Lipinski definition) is 2. The van der Waals surface area contributed by atoms with E-state index < -0.39 is 0 Å². The predicted octanol–water partition coefficient (Wildman–Crippen LogP) is 2.50. The normalized spacial score (nSPS) is 14.2. The number of nitrogens with one attached hydrogen (secondary N) is 1. The zero-order valence-electron chi connectivity index (χ0n) is 11.8. The first-order chi connectivity index (χ1) is 9.10. The van der Waals surface area contributed by atoms with Gasteiger partial charge in [-0.05, 0) is 42.5 Å². The Bertz CT molecular complexity index is 388. The number of halogens is 1. The summed E-state index contributed by atoms with van der Waals surface area (Å²) < 4.78 is 11.6. The number of benzene rings is 1. The number of rotatable bonds is 8. The lowest BCUT2D eigenvalue weighted by molar-refractivity contribution is 0.149. The van der Waals surface area contributed by atoms with Crippen molar-refractivity contribution in [3.05, 3.63) is 28.2 Å². The zero-order chi connectivity index (χ0) is 14.3. The number of hydrazine groups is 1. The standard InChI is InChI=1S/C14H23BrN2O2/c1-10(9-18-2)6-13(17-16)8-11-7-12(15)4-5-14(11)19-3/h4-5,7,10,13,17H,6,8-9,16H2,1-3H3. The molecule has 5 heteroatoms. The minimum absolute atomic E-state index is 0.202. The summed E-state index contributed by atoms with van der Waals surface area (Å²) in [4.78, 5) is 0. The average molecular weight is 331 g/mol. The first-order valence-electron chi connectivity index (χ1n) is 6.38. The molecule has 3 N–H and O–H groups in total. The third-order valence-electron chi connectivity index (χ3n) is 3.08. The molecule has 0 saturated carbocycles. The van der Waals surface area contributed by atoms with Gasteiger partial charge < -0.3 is 9.47 Å². The van der Waals surface area contributed by atoms with Crippen molar-refractivity contribution in [3.63, 3.8) is 0 Å². The van der Waals surface area contributed by atoms with E-state index in [1.165, 1.54) is 0 Å². The van der Waals surface area contributed by atoms with Gasteiger partial charge in [0.1, 0.15) is 5.75 Å². The smallest absolute Gasteiger partial charge is 0.122 e. The maximum Gasteiger partial charge on any atom is 0.122 e. The molecular formula is C14H23BrN2O2. The molecule has 0 saturated heterocycles. The van der Waals surface area contributed by atoms with Crippen LogP contribution in [0.4, 0.5) is 0 Å². The molecule has 0 fully saturated rings. The molecule has 1 aromatic carbocycles. The van der Waals surface area contributed by atoms with Gasteiger partial charge in [-0.2, -0.15) is 0 Å². The molecule has 0 heterocycles. The molecule has 108 valence electrons. The van der Waals surface area contributed by atoms with Crippen molar-refractivity contribution in [1.82, 2.24) is 5.43 Å². The lowest BCUT2D eigenvalue weighted by atomic mass is 9.96. The Labute approximate surface area is 123 Å². The number of nitrogens with two attached hydrogens (primary N) is 1. The monoisotopic (exact) mass is 330 g/mol. The van der Waals surface area contributed by atoms with Crippen molar-refractivity contribution in [2.24, 2.45) is 11.8 Å². The summed E-state index contributed by atoms with van der Waals surface area (Å²) in [7, 11) is 3.41. The second-order valence-electron chi connectivity index (χ2n) is 4.82. The highest BCUT2D eigenvalue weighted by Crippen LogP contribution is 2.25. The van der Waals surface area contributed by atoms with Crippen LogP contribution in [-0.2, 0) is 11.2 Å². The van der Waals surface area contributed by atoms with E-state index >= 15 is 0 Å². The van der Waals surface area contributed by atoms with Gasteiger partial charge in [-0.3, -0.25) is 11.3 Å². The van der Waals surface area contributed by atoms with E-state index in [9.17, 15) is 0 Å². The van der Waals surface area contributed by atoms with Crippen LogP contribution in [0.5, 0.6) is 5.75 Å². The predicted molar refractivity (Wildman–Crippen MR) is 81.2 cm³/mol. The van der Waals surface area contributed by atoms with Crippen LogP contribution in [0.15, 0.2) is 22.7 Å². The van der Waals surface area contributed by atoms with Crippen molar-refractivity contribution < 1.29 is 9.47 Å². The van der Waals surface area contributed by atoms with Gasteiger partial charge in [0, 0.05) is 24.2 Å². The minimum Gasteiger partial charge on any atom is -0.496 e. The molecule has 0 aliphatic carbocycles. The Morgan fingerprint density at radius 1 is 1.37 bits per heavy atom. The largest absolute Gasteiger partial charge is 0.496 e. The van der Waals surface area contributed by atoms with Crippen molar-refractivity contribution >= 4 is 15.9 Å². The molecule has 0 aromatic heterocycles. The highest BCUT2D eigenvalue weighted by molar-refractivity contribution is 9.10. The van der Waals surface area contributed by atoms with E-state index in [0.717, 1.165) is 35.2 Å². The lowest BCUT2D eigenvalue weighted by Crippen LogP contribution is -2.38. The molecule has 0 aliphatic rings. The van der Waals surface area contributed by atoms with E-state index in [0.29, 0.717) is 5.92 Å². The van der Waals surface area contributed by atoms with Crippen LogP contribution < -0.4 is 16.0 Å². The van der Waals surface area contributed by atoms with Crippen LogP contribution in [0, 0.1) is 5.92 Å². The van der Waals surface area contributed by atoms with Crippen LogP contribution in [0.3, 0.4) is 0 Å². The maximum absolute atomic E-state index is 5.65. The van der Waals surface area contributed by atoms with E-state index in [1.54, 1.807) is 14.2 Å². The molecule has 1 rings (SSSR count). The summed E-state index contributed by atoms with van der Waals surface area (Å²) in [5, 5.41) is 0. The molecule has 4 nitrogen and oxygen atoms in total. The molecule has 0 amide bonds. The lowest BCUT2D eigenvalue weighted by Gasteiger charge is -2.21. The molecule has 19 heavy (non-hydrogen) atoms. The molecular weight excluding hydrogens is 308 g/mol. The van der Waals surface area contributed by atoms with E-state index in [2.05, 4.69) is 34.3 Å². The topological polar surface area (TPSA) is 56.5 Å². The minimum atomic E-state index is 0.202. The molecule has 2 atom stereocenters. The van der Waals surface area contributed by atoms with Crippen molar-refractivity contribution in [1.29, 1.82) is 0 Å². The summed E-state index contributed by atoms with van der Waals surface area (Å²) in [5.41, 5.74) is 4.03. The van der Waals surface area contributed by atoms with Gasteiger partial charge in [0.15, 0.2) is 0 Å². The van der Waals surface area contributed by atoms with Gasteiger partial charge in [0.25, 0.3) is 0 Å². The maximum atomic E-state index is 5.65. The van der Waals surface area contributed by atoms with Gasteiger partial charge in [-0.1, -0.05) is 22.9 Å². The Morgan fingerprint density at radius 3 is 2.68 bits per heavy atom. The van der Waals surface area contributed by atoms with E-state index in [-0.39, 0.29) is 6.04 Å². The molecule has 0 spiro atoms. The summed E-state index contributed by atoms with van der Waals surface area (Å²) in [6, 6.07) is 6.21. The van der Waals surface area contributed by atoms with Crippen LogP contribution >= 0.6 is 15.9 Å². The fourth-order valence-corrected chi connectivity index (χ4v) is 2.63. The second kappa shape index (κ2) is 8.53. The van der Waals surface area contributed by atoms with Crippen LogP contribution in [0.2, 0.25) is 0 Å². The van der Waals surface area contributed by atoms with Gasteiger partial charge in [-0.25, -0.2) is 0 Å². The van der Waals surface area contributed by atoms with E-state index in [1.807, 2.05) is 12.1 Å². The fraction of sp³-hybridized carbons (Fsp3) is 0.571. The van der Waals surface area contributed by atoms with Crippen LogP contribution in [0.25, 0.3) is 0 Å². The second-order valence-corrected chi connectivity index (χ2v) is 5.74. The van der Waals surface area contributed by atoms with Crippen molar-refractivity contribution in [2.45, 2.75) is 25.8 Å². The van der Waals surface area contributed by atoms with Crippen LogP contribution in [0.1, 0.15) is 18.9 Å². The Kier molecular flexibility index (Phi) is 7.38. The first-order valence-corrected chi connectivity index (χ1v) is 7.17. The average Bonchev–Trinajstić information content (AvgIpc) is 2.38. The summed E-state index contributed by atoms with van der Waals surface area (Å²) in [5.74, 6) is 7.01. The summed E-state index contributed by atoms with van der Waals surface area (Å²) in [6.07, 6.45) is 1.78. The number of methoxy groups -OCH3 is 2. The van der Waals surface area contributed by atoms with Gasteiger partial charge in [0.2, 0.25) is 0 Å². The van der Waals surface area contributed by atoms with Crippen molar-refractivity contribution in [2.75, 3.05) is 20.8 Å². The van der Waals surface area contributed by atoms with E-state index in [4.69, 9.17) is 15.3 Å². The number of hydrogen-bond acceptors (Lipinski definition) is 4. The zero-order valence-corrected chi connectivity index (χ0v) is 13.4. The fourth-order valence-electron chi connectivity index (χ4n) is 2.22. The first kappa shape index (κ1) is 16.4.